The first kappa shape index (κ1) is 22.9. The Morgan fingerprint density at radius 3 is 2.29 bits per heavy atom. The summed E-state index contributed by atoms with van der Waals surface area (Å²) in [7, 11) is 0. The van der Waals surface area contributed by atoms with Gasteiger partial charge in [-0.1, -0.05) is 30.3 Å². The lowest BCUT2D eigenvalue weighted by Crippen LogP contribution is -2.38. The van der Waals surface area contributed by atoms with Crippen molar-refractivity contribution < 1.29 is 26.3 Å². The van der Waals surface area contributed by atoms with E-state index in [0.29, 0.717) is 30.9 Å². The molecule has 0 N–H and O–H groups in total. The van der Waals surface area contributed by atoms with Gasteiger partial charge in [-0.15, -0.1) is 0 Å². The molecular formula is C22H21F6N3. The highest BCUT2D eigenvalue weighted by Gasteiger charge is 2.36. The number of hydrogen-bond donors (Lipinski definition) is 0. The van der Waals surface area contributed by atoms with Crippen molar-refractivity contribution in [3.8, 4) is 0 Å². The third kappa shape index (κ3) is 6.14. The Kier molecular flexibility index (Phi) is 6.80. The molecule has 3 nitrogen and oxygen atoms in total. The van der Waals surface area contributed by atoms with Gasteiger partial charge in [0.05, 0.1) is 18.6 Å². The molecule has 31 heavy (non-hydrogen) atoms. The number of anilines is 1. The fourth-order valence-electron chi connectivity index (χ4n) is 3.82. The van der Waals surface area contributed by atoms with Gasteiger partial charge in [0.15, 0.2) is 5.69 Å². The maximum absolute atomic E-state index is 13.5. The Bertz CT molecular complexity index is 915. The van der Waals surface area contributed by atoms with E-state index in [2.05, 4.69) is 4.85 Å². The van der Waals surface area contributed by atoms with Gasteiger partial charge in [-0.05, 0) is 30.2 Å². The van der Waals surface area contributed by atoms with Gasteiger partial charge in [0, 0.05) is 37.9 Å². The molecule has 1 aliphatic heterocycles. The van der Waals surface area contributed by atoms with Crippen molar-refractivity contribution in [2.45, 2.75) is 37.8 Å². The molecule has 1 fully saturated rings. The smallest absolute Gasteiger partial charge is 0.363 e. The molecule has 0 spiro atoms. The molecule has 0 amide bonds. The predicted octanol–water partition coefficient (Wildman–Crippen LogP) is 6.29. The average molecular weight is 441 g/mol. The van der Waals surface area contributed by atoms with Crippen molar-refractivity contribution in [3.05, 3.63) is 71.1 Å². The zero-order valence-electron chi connectivity index (χ0n) is 16.5. The fraction of sp³-hybridized carbons (Fsp3) is 0.409. The molecule has 1 atom stereocenters. The van der Waals surface area contributed by atoms with Gasteiger partial charge in [-0.3, -0.25) is 0 Å². The summed E-state index contributed by atoms with van der Waals surface area (Å²) < 4.78 is 78.2. The van der Waals surface area contributed by atoms with Gasteiger partial charge in [0.25, 0.3) is 0 Å². The van der Waals surface area contributed by atoms with Gasteiger partial charge in [0.1, 0.15) is 0 Å². The van der Waals surface area contributed by atoms with Gasteiger partial charge < -0.3 is 9.80 Å². The van der Waals surface area contributed by atoms with Crippen molar-refractivity contribution in [1.82, 2.24) is 4.90 Å². The van der Waals surface area contributed by atoms with Crippen LogP contribution >= 0.6 is 0 Å². The molecule has 1 aliphatic rings. The Morgan fingerprint density at radius 2 is 1.68 bits per heavy atom. The predicted molar refractivity (Wildman–Crippen MR) is 106 cm³/mol. The zero-order chi connectivity index (χ0) is 22.6. The molecule has 0 radical (unpaired) electrons. The number of alkyl halides is 6. The van der Waals surface area contributed by atoms with Crippen molar-refractivity contribution in [2.75, 3.05) is 24.5 Å². The fourth-order valence-corrected chi connectivity index (χ4v) is 3.82. The van der Waals surface area contributed by atoms with Gasteiger partial charge >= 0.3 is 12.4 Å². The second-order valence-corrected chi connectivity index (χ2v) is 7.52. The van der Waals surface area contributed by atoms with Crippen LogP contribution in [0.4, 0.5) is 37.7 Å². The highest BCUT2D eigenvalue weighted by atomic mass is 19.4. The molecule has 0 aliphatic carbocycles. The Hall–Kier alpha value is -2.73. The number of benzene rings is 2. The number of halogens is 6. The minimum atomic E-state index is -4.51. The van der Waals surface area contributed by atoms with Crippen LogP contribution in [0.1, 0.15) is 24.0 Å². The summed E-state index contributed by atoms with van der Waals surface area (Å²) in [6.07, 6.45) is -9.14. The topological polar surface area (TPSA) is 10.8 Å². The number of hydrogen-bond acceptors (Lipinski definition) is 2. The maximum Gasteiger partial charge on any atom is 0.416 e. The van der Waals surface area contributed by atoms with E-state index in [4.69, 9.17) is 6.57 Å². The highest BCUT2D eigenvalue weighted by molar-refractivity contribution is 5.56. The first-order valence-electron chi connectivity index (χ1n) is 9.75. The van der Waals surface area contributed by atoms with Crippen LogP contribution in [-0.4, -0.2) is 36.8 Å². The third-order valence-electron chi connectivity index (χ3n) is 5.37. The number of likely N-dealkylation sites (tertiary alicyclic amines) is 1. The molecule has 166 valence electrons. The molecule has 2 aromatic rings. The summed E-state index contributed by atoms with van der Waals surface area (Å²) in [5.74, 6) is 0. The molecule has 0 unspecified atom stereocenters. The lowest BCUT2D eigenvalue weighted by molar-refractivity contribution is -0.138. The van der Waals surface area contributed by atoms with Crippen molar-refractivity contribution in [1.29, 1.82) is 0 Å². The monoisotopic (exact) mass is 441 g/mol. The summed E-state index contributed by atoms with van der Waals surface area (Å²) >= 11 is 0. The molecule has 0 aromatic heterocycles. The lowest BCUT2D eigenvalue weighted by atomic mass is 10.0. The van der Waals surface area contributed by atoms with Crippen LogP contribution in [-0.2, 0) is 12.7 Å². The quantitative estimate of drug-likeness (QED) is 0.385. The largest absolute Gasteiger partial charge is 0.416 e. The van der Waals surface area contributed by atoms with E-state index in [-0.39, 0.29) is 24.7 Å². The highest BCUT2D eigenvalue weighted by Crippen LogP contribution is 2.35. The Morgan fingerprint density at radius 1 is 1.00 bits per heavy atom. The first-order valence-corrected chi connectivity index (χ1v) is 9.75. The molecule has 0 bridgehead atoms. The molecule has 9 heteroatoms. The third-order valence-corrected chi connectivity index (χ3v) is 5.37. The van der Waals surface area contributed by atoms with Crippen LogP contribution in [0.3, 0.4) is 0 Å². The van der Waals surface area contributed by atoms with Crippen LogP contribution in [0.25, 0.3) is 4.85 Å². The van der Waals surface area contributed by atoms with Crippen molar-refractivity contribution in [2.24, 2.45) is 0 Å². The molecule has 1 heterocycles. The SMILES string of the molecule is [C-]#[N+]c1ccc(N(Cc2ccccc2C(F)(F)F)[C@H]2CCN(CCC(F)(F)F)C2)cc1. The van der Waals surface area contributed by atoms with Crippen LogP contribution in [0.5, 0.6) is 0 Å². The van der Waals surface area contributed by atoms with E-state index >= 15 is 0 Å². The summed E-state index contributed by atoms with van der Waals surface area (Å²) in [4.78, 5) is 6.81. The minimum Gasteiger partial charge on any atom is -0.363 e. The van der Waals surface area contributed by atoms with E-state index < -0.39 is 24.3 Å². The standard InChI is InChI=1S/C22H21F6N3/c1-29-17-6-8-18(9-7-17)31(14-16-4-2-3-5-20(16)22(26,27)28)19-10-12-30(15-19)13-11-21(23,24)25/h2-9,19H,10-15H2/t19-/m0/s1. The van der Waals surface area contributed by atoms with Gasteiger partial charge in [0.2, 0.25) is 0 Å². The average Bonchev–Trinajstić information content (AvgIpc) is 3.18. The second kappa shape index (κ2) is 9.18. The normalized spacial score (nSPS) is 17.5. The lowest BCUT2D eigenvalue weighted by Gasteiger charge is -2.32. The minimum absolute atomic E-state index is 0.0369. The van der Waals surface area contributed by atoms with E-state index in [1.165, 1.54) is 18.2 Å². The van der Waals surface area contributed by atoms with Crippen molar-refractivity contribution in [3.63, 3.8) is 0 Å². The second-order valence-electron chi connectivity index (χ2n) is 7.52. The molecule has 0 saturated carbocycles. The summed E-state index contributed by atoms with van der Waals surface area (Å²) in [6, 6.07) is 11.6. The van der Waals surface area contributed by atoms with Crippen LogP contribution in [0.15, 0.2) is 48.5 Å². The van der Waals surface area contributed by atoms with Crippen LogP contribution < -0.4 is 4.90 Å². The number of nitrogens with zero attached hydrogens (tertiary/aromatic N) is 3. The summed E-state index contributed by atoms with van der Waals surface area (Å²) in [5, 5.41) is 0. The van der Waals surface area contributed by atoms with E-state index in [1.54, 1.807) is 34.1 Å². The molecule has 2 aromatic carbocycles. The number of rotatable bonds is 6. The molecule has 1 saturated heterocycles. The van der Waals surface area contributed by atoms with E-state index in [1.807, 2.05) is 0 Å². The van der Waals surface area contributed by atoms with Crippen molar-refractivity contribution >= 4 is 11.4 Å². The summed E-state index contributed by atoms with van der Waals surface area (Å²) in [6.45, 7) is 7.67. The van der Waals surface area contributed by atoms with Gasteiger partial charge in [-0.25, -0.2) is 4.85 Å². The maximum atomic E-state index is 13.5. The Balaban J connectivity index is 1.86. The first-order chi connectivity index (χ1) is 14.6. The zero-order valence-corrected chi connectivity index (χ0v) is 16.5. The van der Waals surface area contributed by atoms with E-state index in [9.17, 15) is 26.3 Å². The van der Waals surface area contributed by atoms with Crippen LogP contribution in [0.2, 0.25) is 0 Å². The molecular weight excluding hydrogens is 420 g/mol. The van der Waals surface area contributed by atoms with Gasteiger partial charge in [-0.2, -0.15) is 26.3 Å². The van der Waals surface area contributed by atoms with Crippen LogP contribution in [0, 0.1) is 6.57 Å². The molecule has 3 rings (SSSR count). The summed E-state index contributed by atoms with van der Waals surface area (Å²) in [5.41, 5.74) is 0.396. The van der Waals surface area contributed by atoms with E-state index in [0.717, 1.165) is 6.07 Å². The Labute approximate surface area is 176 Å².